The van der Waals surface area contributed by atoms with Gasteiger partial charge in [-0.2, -0.15) is 0 Å². The molecule has 1 atom stereocenters. The number of carbonyl (C=O) groups excluding carboxylic acids is 1. The van der Waals surface area contributed by atoms with Gasteiger partial charge in [0.1, 0.15) is 11.1 Å². The monoisotopic (exact) mass is 418 g/mol. The summed E-state index contributed by atoms with van der Waals surface area (Å²) in [6.45, 7) is 3.66. The first kappa shape index (κ1) is 19.6. The number of aryl methyl sites for hydroxylation is 1. The molecule has 30 heavy (non-hydrogen) atoms. The van der Waals surface area contributed by atoms with E-state index in [1.807, 2.05) is 37.3 Å². The Hall–Kier alpha value is -3.72. The van der Waals surface area contributed by atoms with Crippen molar-refractivity contribution >= 4 is 22.4 Å². The second-order valence-electron chi connectivity index (χ2n) is 6.40. The standard InChI is InChI=1S/C21H18N6O2S/c1-13-16(6-7-18(24-13)29-14(2)17-5-3-4-10-23-17)19(28)25-21-27-26-20(30-21)15-8-11-22-12-9-15/h3-12,14H,1-2H3,(H,25,27,28)/t14-/m0/s1. The van der Waals surface area contributed by atoms with Gasteiger partial charge in [0.15, 0.2) is 0 Å². The van der Waals surface area contributed by atoms with Crippen LogP contribution in [0.25, 0.3) is 10.6 Å². The molecule has 0 aliphatic rings. The summed E-state index contributed by atoms with van der Waals surface area (Å²) < 4.78 is 5.86. The fraction of sp³-hybridized carbons (Fsp3) is 0.143. The zero-order chi connectivity index (χ0) is 20.9. The first-order valence-corrected chi connectivity index (χ1v) is 10.0. The molecule has 0 radical (unpaired) electrons. The predicted molar refractivity (Wildman–Crippen MR) is 113 cm³/mol. The van der Waals surface area contributed by atoms with E-state index in [1.54, 1.807) is 37.6 Å². The first-order valence-electron chi connectivity index (χ1n) is 9.20. The molecule has 4 aromatic rings. The van der Waals surface area contributed by atoms with Gasteiger partial charge in [0, 0.05) is 30.2 Å². The molecule has 0 fully saturated rings. The molecule has 9 heteroatoms. The second kappa shape index (κ2) is 8.75. The Bertz CT molecular complexity index is 1150. The van der Waals surface area contributed by atoms with Gasteiger partial charge >= 0.3 is 0 Å². The van der Waals surface area contributed by atoms with Crippen LogP contribution in [0.15, 0.2) is 61.1 Å². The van der Waals surface area contributed by atoms with Gasteiger partial charge in [0.25, 0.3) is 5.91 Å². The highest BCUT2D eigenvalue weighted by molar-refractivity contribution is 7.18. The fourth-order valence-corrected chi connectivity index (χ4v) is 3.50. The highest BCUT2D eigenvalue weighted by atomic mass is 32.1. The van der Waals surface area contributed by atoms with Gasteiger partial charge in [-0.05, 0) is 44.2 Å². The van der Waals surface area contributed by atoms with E-state index in [0.717, 1.165) is 11.3 Å². The molecular weight excluding hydrogens is 400 g/mol. The molecule has 0 spiro atoms. The molecule has 1 amide bonds. The maximum absolute atomic E-state index is 12.7. The molecule has 0 aromatic carbocycles. The summed E-state index contributed by atoms with van der Waals surface area (Å²) in [4.78, 5) is 25.3. The molecule has 0 unspecified atom stereocenters. The van der Waals surface area contributed by atoms with Crippen LogP contribution in [0.3, 0.4) is 0 Å². The Kier molecular flexibility index (Phi) is 5.71. The molecule has 8 nitrogen and oxygen atoms in total. The van der Waals surface area contributed by atoms with E-state index in [2.05, 4.69) is 30.5 Å². The van der Waals surface area contributed by atoms with E-state index < -0.39 is 0 Å². The van der Waals surface area contributed by atoms with Crippen LogP contribution >= 0.6 is 11.3 Å². The normalized spacial score (nSPS) is 11.7. The second-order valence-corrected chi connectivity index (χ2v) is 7.38. The Morgan fingerprint density at radius 2 is 1.90 bits per heavy atom. The Morgan fingerprint density at radius 1 is 1.07 bits per heavy atom. The third-order valence-corrected chi connectivity index (χ3v) is 5.17. The molecule has 0 bridgehead atoms. The highest BCUT2D eigenvalue weighted by Crippen LogP contribution is 2.26. The van der Waals surface area contributed by atoms with Crippen LogP contribution in [-0.2, 0) is 0 Å². The number of rotatable bonds is 6. The SMILES string of the molecule is Cc1nc(O[C@@H](C)c2ccccn2)ccc1C(=O)Nc1nnc(-c2ccncc2)s1. The van der Waals surface area contributed by atoms with Crippen molar-refractivity contribution in [1.82, 2.24) is 25.1 Å². The van der Waals surface area contributed by atoms with Crippen LogP contribution in [0, 0.1) is 6.92 Å². The van der Waals surface area contributed by atoms with Crippen LogP contribution in [0.5, 0.6) is 5.88 Å². The summed E-state index contributed by atoms with van der Waals surface area (Å²) in [6.07, 6.45) is 4.82. The van der Waals surface area contributed by atoms with E-state index in [9.17, 15) is 4.79 Å². The van der Waals surface area contributed by atoms with Crippen LogP contribution in [0.4, 0.5) is 5.13 Å². The van der Waals surface area contributed by atoms with Crippen molar-refractivity contribution in [3.63, 3.8) is 0 Å². The first-order chi connectivity index (χ1) is 14.6. The minimum absolute atomic E-state index is 0.259. The lowest BCUT2D eigenvalue weighted by molar-refractivity contribution is 0.102. The van der Waals surface area contributed by atoms with Crippen LogP contribution < -0.4 is 10.1 Å². The quantitative estimate of drug-likeness (QED) is 0.503. The molecule has 0 aliphatic heterocycles. The maximum atomic E-state index is 12.7. The lowest BCUT2D eigenvalue weighted by atomic mass is 10.2. The van der Waals surface area contributed by atoms with Gasteiger partial charge in [0.2, 0.25) is 11.0 Å². The lowest BCUT2D eigenvalue weighted by Gasteiger charge is -2.14. The van der Waals surface area contributed by atoms with Gasteiger partial charge in [-0.15, -0.1) is 10.2 Å². The molecule has 1 N–H and O–H groups in total. The zero-order valence-electron chi connectivity index (χ0n) is 16.3. The Morgan fingerprint density at radius 3 is 2.63 bits per heavy atom. The third kappa shape index (κ3) is 4.47. The topological polar surface area (TPSA) is 103 Å². The number of pyridine rings is 3. The Balaban J connectivity index is 1.44. The predicted octanol–water partition coefficient (Wildman–Crippen LogP) is 4.09. The third-order valence-electron chi connectivity index (χ3n) is 4.28. The van der Waals surface area contributed by atoms with E-state index in [-0.39, 0.29) is 12.0 Å². The molecule has 150 valence electrons. The summed E-state index contributed by atoms with van der Waals surface area (Å²) in [6, 6.07) is 12.7. The maximum Gasteiger partial charge on any atom is 0.259 e. The van der Waals surface area contributed by atoms with Crippen LogP contribution in [0.1, 0.15) is 34.8 Å². The average Bonchev–Trinajstić information content (AvgIpc) is 3.23. The number of nitrogens with zero attached hydrogens (tertiary/aromatic N) is 5. The summed E-state index contributed by atoms with van der Waals surface area (Å²) in [5.74, 6) is 0.125. The van der Waals surface area contributed by atoms with E-state index in [1.165, 1.54) is 11.3 Å². The summed E-state index contributed by atoms with van der Waals surface area (Å²) in [7, 11) is 0. The number of anilines is 1. The number of ether oxygens (including phenoxy) is 1. The van der Waals surface area contributed by atoms with Crippen molar-refractivity contribution in [3.8, 4) is 16.5 Å². The van der Waals surface area contributed by atoms with Gasteiger partial charge in [-0.25, -0.2) is 4.98 Å². The number of nitrogens with one attached hydrogen (secondary N) is 1. The number of hydrogen-bond acceptors (Lipinski definition) is 8. The summed E-state index contributed by atoms with van der Waals surface area (Å²) in [5.41, 5.74) is 2.69. The largest absolute Gasteiger partial charge is 0.468 e. The van der Waals surface area contributed by atoms with Crippen LogP contribution in [0.2, 0.25) is 0 Å². The average molecular weight is 418 g/mol. The number of aromatic nitrogens is 5. The number of amides is 1. The van der Waals surface area contributed by atoms with E-state index in [0.29, 0.717) is 27.3 Å². The van der Waals surface area contributed by atoms with Gasteiger partial charge in [-0.1, -0.05) is 17.4 Å². The smallest absolute Gasteiger partial charge is 0.259 e. The Labute approximate surface area is 177 Å². The van der Waals surface area contributed by atoms with Crippen molar-refractivity contribution < 1.29 is 9.53 Å². The molecule has 4 heterocycles. The molecule has 4 rings (SSSR count). The molecular formula is C21H18N6O2S. The zero-order valence-corrected chi connectivity index (χ0v) is 17.1. The number of carbonyl (C=O) groups is 1. The van der Waals surface area contributed by atoms with Crippen molar-refractivity contribution in [2.45, 2.75) is 20.0 Å². The summed E-state index contributed by atoms with van der Waals surface area (Å²) >= 11 is 1.29. The fourth-order valence-electron chi connectivity index (χ4n) is 2.75. The molecule has 0 saturated heterocycles. The van der Waals surface area contributed by atoms with Crippen molar-refractivity contribution in [3.05, 3.63) is 78.0 Å². The van der Waals surface area contributed by atoms with Crippen molar-refractivity contribution in [1.29, 1.82) is 0 Å². The van der Waals surface area contributed by atoms with Crippen molar-refractivity contribution in [2.24, 2.45) is 0 Å². The highest BCUT2D eigenvalue weighted by Gasteiger charge is 2.16. The minimum atomic E-state index is -0.304. The molecule has 0 saturated carbocycles. The van der Waals surface area contributed by atoms with Gasteiger partial charge in [-0.3, -0.25) is 20.1 Å². The van der Waals surface area contributed by atoms with Gasteiger partial charge in [0.05, 0.1) is 17.0 Å². The number of hydrogen-bond donors (Lipinski definition) is 1. The minimum Gasteiger partial charge on any atom is -0.468 e. The lowest BCUT2D eigenvalue weighted by Crippen LogP contribution is -2.14. The van der Waals surface area contributed by atoms with Crippen molar-refractivity contribution in [2.75, 3.05) is 5.32 Å². The van der Waals surface area contributed by atoms with Crippen LogP contribution in [-0.4, -0.2) is 31.1 Å². The summed E-state index contributed by atoms with van der Waals surface area (Å²) in [5, 5.41) is 12.0. The van der Waals surface area contributed by atoms with E-state index >= 15 is 0 Å². The molecule has 0 aliphatic carbocycles. The van der Waals surface area contributed by atoms with E-state index in [4.69, 9.17) is 4.74 Å². The van der Waals surface area contributed by atoms with Gasteiger partial charge < -0.3 is 4.74 Å². The molecule has 4 aromatic heterocycles.